The summed E-state index contributed by atoms with van der Waals surface area (Å²) in [5, 5.41) is 11.1. The van der Waals surface area contributed by atoms with Crippen molar-refractivity contribution in [2.24, 2.45) is 40.4 Å². The van der Waals surface area contributed by atoms with Crippen molar-refractivity contribution >= 4 is 0 Å². The predicted molar refractivity (Wildman–Crippen MR) is 96.9 cm³/mol. The van der Waals surface area contributed by atoms with Crippen molar-refractivity contribution in [3.8, 4) is 0 Å². The average molecular weight is 349 g/mol. The quantitative estimate of drug-likeness (QED) is 0.706. The van der Waals surface area contributed by atoms with Crippen molar-refractivity contribution in [1.82, 2.24) is 0 Å². The Labute approximate surface area is 152 Å². The fraction of sp³-hybridized carbons (Fsp3) is 1.00. The molecule has 1 spiro atoms. The van der Waals surface area contributed by atoms with Crippen LogP contribution < -0.4 is 0 Å². The van der Waals surface area contributed by atoms with Gasteiger partial charge in [0, 0.05) is 11.8 Å². The van der Waals surface area contributed by atoms with E-state index in [1.54, 1.807) is 0 Å². The monoisotopic (exact) mass is 348 g/mol. The lowest BCUT2D eigenvalue weighted by Gasteiger charge is -2.62. The normalized spacial score (nSPS) is 57.1. The number of fused-ring (bicyclic) bond motifs is 6. The van der Waals surface area contributed by atoms with Gasteiger partial charge in [0.25, 0.3) is 0 Å². The van der Waals surface area contributed by atoms with E-state index in [1.807, 2.05) is 0 Å². The van der Waals surface area contributed by atoms with Crippen molar-refractivity contribution in [1.29, 1.82) is 0 Å². The second kappa shape index (κ2) is 5.45. The van der Waals surface area contributed by atoms with Gasteiger partial charge in [-0.15, -0.1) is 0 Å². The van der Waals surface area contributed by atoms with E-state index >= 15 is 0 Å². The van der Waals surface area contributed by atoms with Gasteiger partial charge < -0.3 is 14.6 Å². The van der Waals surface area contributed by atoms with Crippen molar-refractivity contribution in [2.75, 3.05) is 13.2 Å². The third-order valence-corrected chi connectivity index (χ3v) is 9.74. The molecular formula is C22H36O3. The lowest BCUT2D eigenvalue weighted by molar-refractivity contribution is -0.252. The van der Waals surface area contributed by atoms with E-state index in [1.165, 1.54) is 38.5 Å². The van der Waals surface area contributed by atoms with Gasteiger partial charge >= 0.3 is 0 Å². The summed E-state index contributed by atoms with van der Waals surface area (Å²) in [7, 11) is 0. The third kappa shape index (κ3) is 2.09. The van der Waals surface area contributed by atoms with Gasteiger partial charge in [-0.05, 0) is 73.5 Å². The van der Waals surface area contributed by atoms with Crippen LogP contribution in [-0.4, -0.2) is 30.2 Å². The van der Waals surface area contributed by atoms with Crippen LogP contribution in [0.25, 0.3) is 0 Å². The molecule has 1 aliphatic heterocycles. The van der Waals surface area contributed by atoms with Crippen LogP contribution in [0.15, 0.2) is 0 Å². The first-order valence-electron chi connectivity index (χ1n) is 10.9. The maximum absolute atomic E-state index is 11.1. The Kier molecular flexibility index (Phi) is 3.71. The summed E-state index contributed by atoms with van der Waals surface area (Å²) in [5.41, 5.74) is 0.499. The molecule has 0 aromatic carbocycles. The molecule has 1 saturated heterocycles. The molecule has 0 amide bonds. The minimum atomic E-state index is -0.313. The van der Waals surface area contributed by atoms with Gasteiger partial charge in [-0.3, -0.25) is 0 Å². The molecule has 5 rings (SSSR count). The van der Waals surface area contributed by atoms with Gasteiger partial charge in [0.1, 0.15) is 0 Å². The zero-order valence-electron chi connectivity index (χ0n) is 16.3. The van der Waals surface area contributed by atoms with Crippen molar-refractivity contribution < 1.29 is 14.6 Å². The molecule has 3 nitrogen and oxygen atoms in total. The van der Waals surface area contributed by atoms with E-state index in [4.69, 9.17) is 9.47 Å². The molecule has 0 bridgehead atoms. The number of ether oxygens (including phenoxy) is 2. The Hall–Kier alpha value is -0.120. The molecule has 1 unspecified atom stereocenters. The maximum atomic E-state index is 11.1. The summed E-state index contributed by atoms with van der Waals surface area (Å²) >= 11 is 0. The van der Waals surface area contributed by atoms with Crippen LogP contribution in [0, 0.1) is 40.4 Å². The van der Waals surface area contributed by atoms with Crippen molar-refractivity contribution in [3.63, 3.8) is 0 Å². The molecule has 1 heterocycles. The van der Waals surface area contributed by atoms with Gasteiger partial charge in [0.15, 0.2) is 5.79 Å². The topological polar surface area (TPSA) is 38.7 Å². The summed E-state index contributed by atoms with van der Waals surface area (Å²) in [6.45, 7) is 8.87. The molecule has 8 atom stereocenters. The molecule has 4 saturated carbocycles. The largest absolute Gasteiger partial charge is 0.393 e. The number of hydrogen-bond acceptors (Lipinski definition) is 3. The first kappa shape index (κ1) is 17.0. The Morgan fingerprint density at radius 2 is 1.56 bits per heavy atom. The average Bonchev–Trinajstić information content (AvgIpc) is 3.17. The van der Waals surface area contributed by atoms with Gasteiger partial charge in [-0.2, -0.15) is 0 Å². The molecule has 5 fully saturated rings. The number of aliphatic hydroxyl groups excluding tert-OH is 1. The van der Waals surface area contributed by atoms with Gasteiger partial charge in [-0.1, -0.05) is 27.2 Å². The highest BCUT2D eigenvalue weighted by Gasteiger charge is 2.68. The summed E-state index contributed by atoms with van der Waals surface area (Å²) in [4.78, 5) is 0. The Morgan fingerprint density at radius 1 is 0.840 bits per heavy atom. The lowest BCUT2D eigenvalue weighted by atomic mass is 9.44. The van der Waals surface area contributed by atoms with Crippen molar-refractivity contribution in [3.05, 3.63) is 0 Å². The fourth-order valence-corrected chi connectivity index (χ4v) is 8.38. The van der Waals surface area contributed by atoms with E-state index in [9.17, 15) is 5.11 Å². The Bertz CT molecular complexity index is 541. The molecule has 1 N–H and O–H groups in total. The zero-order valence-corrected chi connectivity index (χ0v) is 16.3. The van der Waals surface area contributed by atoms with E-state index < -0.39 is 0 Å². The highest BCUT2D eigenvalue weighted by molar-refractivity contribution is 5.13. The Balaban J connectivity index is 1.48. The third-order valence-electron chi connectivity index (χ3n) is 9.74. The fourth-order valence-electron chi connectivity index (χ4n) is 8.38. The summed E-state index contributed by atoms with van der Waals surface area (Å²) in [6, 6.07) is 0. The molecule has 3 heteroatoms. The molecular weight excluding hydrogens is 312 g/mol. The molecule has 5 aliphatic rings. The highest BCUT2D eigenvalue weighted by atomic mass is 16.7. The van der Waals surface area contributed by atoms with Crippen LogP contribution in [0.5, 0.6) is 0 Å². The molecule has 0 aromatic rings. The Morgan fingerprint density at radius 3 is 2.32 bits per heavy atom. The van der Waals surface area contributed by atoms with Crippen LogP contribution in [0.1, 0.15) is 72.1 Å². The van der Waals surface area contributed by atoms with E-state index in [2.05, 4.69) is 20.8 Å². The standard InChI is InChI=1S/C22H36O3/c1-14-4-7-20(2)16-5-8-21(3)17(6-9-22(21)24-10-11-25-22)15(16)13-19(23)18(20)12-14/h14-19,23H,4-13H2,1-3H3/t14-,15+,16-,17-,18+,19?,20+,21-/m0/s1. The van der Waals surface area contributed by atoms with Gasteiger partial charge in [-0.25, -0.2) is 0 Å². The molecule has 25 heavy (non-hydrogen) atoms. The van der Waals surface area contributed by atoms with Crippen LogP contribution in [0.2, 0.25) is 0 Å². The SMILES string of the molecule is C[C@H]1CC[C@@]2(C)[C@H](C1)C(O)C[C@@H]1[C@@H]2CC[C@@]2(C)[C@H]1CCC21OCCO1. The second-order valence-corrected chi connectivity index (χ2v) is 10.6. The summed E-state index contributed by atoms with van der Waals surface area (Å²) in [5.74, 6) is 3.12. The smallest absolute Gasteiger partial charge is 0.174 e. The summed E-state index contributed by atoms with van der Waals surface area (Å²) < 4.78 is 12.5. The van der Waals surface area contributed by atoms with E-state index in [0.717, 1.165) is 37.9 Å². The van der Waals surface area contributed by atoms with Gasteiger partial charge in [0.2, 0.25) is 0 Å². The van der Waals surface area contributed by atoms with Gasteiger partial charge in [0.05, 0.1) is 19.3 Å². The minimum absolute atomic E-state index is 0.0988. The first-order valence-corrected chi connectivity index (χ1v) is 10.9. The minimum Gasteiger partial charge on any atom is -0.393 e. The van der Waals surface area contributed by atoms with Crippen LogP contribution in [-0.2, 0) is 9.47 Å². The molecule has 0 radical (unpaired) electrons. The molecule has 0 aromatic heterocycles. The highest BCUT2D eigenvalue weighted by Crippen LogP contribution is 2.69. The van der Waals surface area contributed by atoms with E-state index in [-0.39, 0.29) is 17.3 Å². The second-order valence-electron chi connectivity index (χ2n) is 10.6. The number of rotatable bonds is 0. The number of aliphatic hydroxyl groups is 1. The van der Waals surface area contributed by atoms with E-state index in [0.29, 0.717) is 23.2 Å². The van der Waals surface area contributed by atoms with Crippen LogP contribution in [0.3, 0.4) is 0 Å². The lowest BCUT2D eigenvalue weighted by Crippen LogP contribution is -2.59. The van der Waals surface area contributed by atoms with Crippen LogP contribution >= 0.6 is 0 Å². The summed E-state index contributed by atoms with van der Waals surface area (Å²) in [6.07, 6.45) is 9.66. The van der Waals surface area contributed by atoms with Crippen LogP contribution in [0.4, 0.5) is 0 Å². The molecule has 4 aliphatic carbocycles. The zero-order chi connectivity index (χ0) is 17.4. The predicted octanol–water partition coefficient (Wildman–Crippen LogP) is 4.38. The maximum Gasteiger partial charge on any atom is 0.174 e. The van der Waals surface area contributed by atoms with Crippen molar-refractivity contribution in [2.45, 2.75) is 84.0 Å². The number of hydrogen-bond donors (Lipinski definition) is 1. The first-order chi connectivity index (χ1) is 11.9. The molecule has 142 valence electrons.